The number of hydrogen-bond donors (Lipinski definition) is 1. The summed E-state index contributed by atoms with van der Waals surface area (Å²) in [4.78, 5) is 30.3. The third-order valence-electron chi connectivity index (χ3n) is 6.75. The van der Waals surface area contributed by atoms with Crippen LogP contribution in [0.5, 0.6) is 5.75 Å². The number of hydrogen-bond acceptors (Lipinski definition) is 7. The van der Waals surface area contributed by atoms with Gasteiger partial charge in [0, 0.05) is 45.9 Å². The lowest BCUT2D eigenvalue weighted by Gasteiger charge is -2.40. The number of ether oxygens (including phenoxy) is 3. The molecule has 190 valence electrons. The van der Waals surface area contributed by atoms with Gasteiger partial charge in [0.25, 0.3) is 0 Å². The summed E-state index contributed by atoms with van der Waals surface area (Å²) < 4.78 is 16.2. The van der Waals surface area contributed by atoms with Crippen LogP contribution in [0.2, 0.25) is 0 Å². The second-order valence-electron chi connectivity index (χ2n) is 9.40. The molecule has 2 fully saturated rings. The highest BCUT2D eigenvalue weighted by Crippen LogP contribution is 2.25. The van der Waals surface area contributed by atoms with E-state index in [1.807, 2.05) is 32.0 Å². The van der Waals surface area contributed by atoms with E-state index < -0.39 is 5.60 Å². The quantitative estimate of drug-likeness (QED) is 0.641. The monoisotopic (exact) mass is 477 g/mol. The Balaban J connectivity index is 1.70. The molecule has 2 heterocycles. The number of likely N-dealkylation sites (tertiary alicyclic amines) is 1. The molecule has 3 rings (SSSR count). The Labute approximate surface area is 202 Å². The van der Waals surface area contributed by atoms with Gasteiger partial charge in [-0.2, -0.15) is 0 Å². The number of carbonyl (C=O) groups excluding carboxylic acids is 2. The molecule has 9 nitrogen and oxygen atoms in total. The number of aryl methyl sites for hydroxylation is 2. The van der Waals surface area contributed by atoms with E-state index >= 15 is 0 Å². The molecule has 2 aliphatic rings. The molecule has 1 N–H and O–H groups in total. The van der Waals surface area contributed by atoms with Gasteiger partial charge in [0.1, 0.15) is 24.6 Å². The van der Waals surface area contributed by atoms with Crippen LogP contribution in [0.15, 0.2) is 18.2 Å². The number of carbonyl (C=O) groups is 2. The minimum Gasteiger partial charge on any atom is -0.490 e. The number of benzene rings is 1. The van der Waals surface area contributed by atoms with Gasteiger partial charge in [-0.3, -0.25) is 9.69 Å². The summed E-state index contributed by atoms with van der Waals surface area (Å²) in [6.07, 6.45) is 1.31. The maximum atomic E-state index is 12.6. The summed E-state index contributed by atoms with van der Waals surface area (Å²) in [6.45, 7) is 9.24. The second-order valence-corrected chi connectivity index (χ2v) is 9.40. The molecule has 34 heavy (non-hydrogen) atoms. The molecule has 2 amide bonds. The van der Waals surface area contributed by atoms with E-state index in [2.05, 4.69) is 4.90 Å². The van der Waals surface area contributed by atoms with E-state index in [1.54, 1.807) is 16.7 Å². The number of piperidine rings is 1. The van der Waals surface area contributed by atoms with Crippen LogP contribution in [0.25, 0.3) is 0 Å². The molecule has 1 aromatic carbocycles. The molecule has 0 saturated carbocycles. The van der Waals surface area contributed by atoms with Crippen molar-refractivity contribution < 1.29 is 28.9 Å². The highest BCUT2D eigenvalue weighted by atomic mass is 16.6. The Morgan fingerprint density at radius 1 is 1.06 bits per heavy atom. The SMILES string of the molecule is CCOC(=O)N1CCC(N2CCN(C(=O)COC)C[C@](O)(COc3ccc(C)c(C)c3)C2)CC1. The number of amides is 2. The zero-order valence-electron chi connectivity index (χ0n) is 20.9. The van der Waals surface area contributed by atoms with E-state index in [0.29, 0.717) is 45.1 Å². The molecule has 1 aromatic rings. The summed E-state index contributed by atoms with van der Waals surface area (Å²) in [5, 5.41) is 11.6. The average Bonchev–Trinajstić information content (AvgIpc) is 3.00. The van der Waals surface area contributed by atoms with E-state index in [1.165, 1.54) is 12.7 Å². The summed E-state index contributed by atoms with van der Waals surface area (Å²) in [7, 11) is 1.49. The van der Waals surface area contributed by atoms with Gasteiger partial charge >= 0.3 is 6.09 Å². The van der Waals surface area contributed by atoms with Crippen molar-refractivity contribution in [1.82, 2.24) is 14.7 Å². The van der Waals surface area contributed by atoms with Crippen molar-refractivity contribution in [2.45, 2.75) is 45.3 Å². The van der Waals surface area contributed by atoms with Crippen molar-refractivity contribution in [1.29, 1.82) is 0 Å². The molecule has 2 saturated heterocycles. The summed E-state index contributed by atoms with van der Waals surface area (Å²) in [5.41, 5.74) is 1.06. The summed E-state index contributed by atoms with van der Waals surface area (Å²) in [5.74, 6) is 0.552. The van der Waals surface area contributed by atoms with Crippen LogP contribution in [0.3, 0.4) is 0 Å². The van der Waals surface area contributed by atoms with Crippen molar-refractivity contribution in [3.8, 4) is 5.75 Å². The number of rotatable bonds is 7. The van der Waals surface area contributed by atoms with Crippen LogP contribution >= 0.6 is 0 Å². The molecular weight excluding hydrogens is 438 g/mol. The van der Waals surface area contributed by atoms with E-state index in [0.717, 1.165) is 18.4 Å². The lowest BCUT2D eigenvalue weighted by Crippen LogP contribution is -2.55. The van der Waals surface area contributed by atoms with Gasteiger partial charge in [0.05, 0.1) is 13.2 Å². The average molecular weight is 478 g/mol. The highest BCUT2D eigenvalue weighted by molar-refractivity contribution is 5.77. The second kappa shape index (κ2) is 11.9. The van der Waals surface area contributed by atoms with Crippen LogP contribution in [0.1, 0.15) is 30.9 Å². The van der Waals surface area contributed by atoms with Gasteiger partial charge in [-0.1, -0.05) is 6.07 Å². The Hall–Kier alpha value is -2.36. The van der Waals surface area contributed by atoms with Crippen LogP contribution in [-0.2, 0) is 14.3 Å². The predicted octanol–water partition coefficient (Wildman–Crippen LogP) is 1.82. The third kappa shape index (κ3) is 6.84. The third-order valence-corrected chi connectivity index (χ3v) is 6.75. The lowest BCUT2D eigenvalue weighted by molar-refractivity contribution is -0.138. The Morgan fingerprint density at radius 2 is 1.79 bits per heavy atom. The first kappa shape index (κ1) is 26.2. The summed E-state index contributed by atoms with van der Waals surface area (Å²) in [6, 6.07) is 6.07. The van der Waals surface area contributed by atoms with E-state index in [4.69, 9.17) is 14.2 Å². The maximum absolute atomic E-state index is 12.6. The van der Waals surface area contributed by atoms with Crippen LogP contribution in [0, 0.1) is 13.8 Å². The van der Waals surface area contributed by atoms with E-state index in [-0.39, 0.29) is 37.8 Å². The van der Waals surface area contributed by atoms with E-state index in [9.17, 15) is 14.7 Å². The minimum absolute atomic E-state index is 0.0218. The fourth-order valence-electron chi connectivity index (χ4n) is 4.67. The maximum Gasteiger partial charge on any atom is 0.409 e. The van der Waals surface area contributed by atoms with Gasteiger partial charge in [-0.15, -0.1) is 0 Å². The Morgan fingerprint density at radius 3 is 2.44 bits per heavy atom. The van der Waals surface area contributed by atoms with Gasteiger partial charge < -0.3 is 29.1 Å². The Bertz CT molecular complexity index is 842. The van der Waals surface area contributed by atoms with Gasteiger partial charge in [0.2, 0.25) is 5.91 Å². The molecule has 0 spiro atoms. The molecular formula is C25H39N3O6. The van der Waals surface area contributed by atoms with Crippen molar-refractivity contribution in [2.75, 3.05) is 66.2 Å². The number of aliphatic hydroxyl groups is 1. The highest BCUT2D eigenvalue weighted by Gasteiger charge is 2.40. The number of methoxy groups -OCH3 is 1. The Kier molecular flexibility index (Phi) is 9.16. The largest absolute Gasteiger partial charge is 0.490 e. The molecule has 0 aliphatic carbocycles. The normalized spacial score (nSPS) is 22.4. The van der Waals surface area contributed by atoms with Crippen LogP contribution in [0.4, 0.5) is 4.79 Å². The first-order valence-electron chi connectivity index (χ1n) is 12.1. The van der Waals surface area contributed by atoms with Crippen molar-refractivity contribution in [2.24, 2.45) is 0 Å². The molecule has 0 aromatic heterocycles. The first-order valence-corrected chi connectivity index (χ1v) is 12.1. The van der Waals surface area contributed by atoms with Crippen molar-refractivity contribution in [3.63, 3.8) is 0 Å². The fraction of sp³-hybridized carbons (Fsp3) is 0.680. The zero-order chi connectivity index (χ0) is 24.7. The predicted molar refractivity (Wildman–Crippen MR) is 128 cm³/mol. The first-order chi connectivity index (χ1) is 16.2. The van der Waals surface area contributed by atoms with Gasteiger partial charge in [-0.05, 0) is 56.9 Å². The molecule has 0 bridgehead atoms. The smallest absolute Gasteiger partial charge is 0.409 e. The van der Waals surface area contributed by atoms with Crippen molar-refractivity contribution in [3.05, 3.63) is 29.3 Å². The van der Waals surface area contributed by atoms with Crippen molar-refractivity contribution >= 4 is 12.0 Å². The van der Waals surface area contributed by atoms with Gasteiger partial charge in [-0.25, -0.2) is 4.79 Å². The lowest BCUT2D eigenvalue weighted by atomic mass is 9.99. The number of β-amino-alcohol motifs (C(OH)–C–C–N with tert-alkyl or cyclic N) is 1. The zero-order valence-corrected chi connectivity index (χ0v) is 20.9. The fourth-order valence-corrected chi connectivity index (χ4v) is 4.67. The molecule has 0 unspecified atom stereocenters. The van der Waals surface area contributed by atoms with Crippen LogP contribution < -0.4 is 4.74 Å². The van der Waals surface area contributed by atoms with Crippen LogP contribution in [-0.4, -0.2) is 110 Å². The summed E-state index contributed by atoms with van der Waals surface area (Å²) >= 11 is 0. The minimum atomic E-state index is -1.24. The topological polar surface area (TPSA) is 91.8 Å². The molecule has 0 radical (unpaired) electrons. The number of nitrogens with zero attached hydrogens (tertiary/aromatic N) is 3. The molecule has 1 atom stereocenters. The standard InChI is InChI=1S/C25H39N3O6/c1-5-33-24(30)26-10-8-21(9-11-26)27-12-13-28(23(29)15-32-4)17-25(31,16-27)18-34-22-7-6-19(2)20(3)14-22/h6-7,14,21,31H,5,8-13,15-18H2,1-4H3/t25-/m0/s1. The molecule has 9 heteroatoms. The molecule has 2 aliphatic heterocycles. The van der Waals surface area contributed by atoms with Gasteiger partial charge in [0.15, 0.2) is 0 Å².